The van der Waals surface area contributed by atoms with E-state index in [0.717, 1.165) is 12.1 Å². The lowest BCUT2D eigenvalue weighted by atomic mass is 10.1. The first-order valence-electron chi connectivity index (χ1n) is 5.57. The van der Waals surface area contributed by atoms with Gasteiger partial charge in [0.25, 0.3) is 5.69 Å². The van der Waals surface area contributed by atoms with Crippen LogP contribution >= 0.6 is 27.5 Å². The summed E-state index contributed by atoms with van der Waals surface area (Å²) in [4.78, 5) is 10.1. The molecule has 0 amide bonds. The Balaban J connectivity index is 2.44. The fourth-order valence-electron chi connectivity index (χ4n) is 1.64. The largest absolute Gasteiger partial charge is 0.345 e. The van der Waals surface area contributed by atoms with E-state index in [1.165, 1.54) is 0 Å². The zero-order chi connectivity index (χ0) is 16.4. The van der Waals surface area contributed by atoms with Crippen molar-refractivity contribution in [2.45, 2.75) is 13.2 Å². The van der Waals surface area contributed by atoms with Crippen LogP contribution < -0.4 is 0 Å². The van der Waals surface area contributed by atoms with E-state index in [2.05, 4.69) is 30.9 Å². The minimum absolute atomic E-state index is 0.0230. The van der Waals surface area contributed by atoms with Gasteiger partial charge in [-0.1, -0.05) is 11.6 Å². The van der Waals surface area contributed by atoms with Crippen molar-refractivity contribution in [2.75, 3.05) is 0 Å². The molecule has 0 atom stereocenters. The van der Waals surface area contributed by atoms with Gasteiger partial charge in [-0.2, -0.15) is 13.9 Å². The highest BCUT2D eigenvalue weighted by molar-refractivity contribution is 9.10. The number of ether oxygens (including phenoxy) is 1. The third kappa shape index (κ3) is 3.39. The summed E-state index contributed by atoms with van der Waals surface area (Å²) in [5.41, 5.74) is -0.599. The van der Waals surface area contributed by atoms with Crippen LogP contribution in [0.5, 0.6) is 0 Å². The number of nitrogens with one attached hydrogen (secondary N) is 1. The van der Waals surface area contributed by atoms with Gasteiger partial charge in [-0.15, -0.1) is 0 Å². The maximum atomic E-state index is 13.9. The first-order valence-corrected chi connectivity index (χ1v) is 6.74. The molecule has 118 valence electrons. The number of aromatic amines is 1. The first kappa shape index (κ1) is 16.7. The summed E-state index contributed by atoms with van der Waals surface area (Å²) in [7, 11) is 0. The zero-order valence-corrected chi connectivity index (χ0v) is 12.8. The van der Waals surface area contributed by atoms with E-state index in [-0.39, 0.29) is 26.4 Å². The van der Waals surface area contributed by atoms with Gasteiger partial charge in [0.1, 0.15) is 16.5 Å². The average molecular weight is 401 g/mol. The number of hydrogen-bond donors (Lipinski definition) is 1. The molecular weight excluding hydrogens is 394 g/mol. The minimum Gasteiger partial charge on any atom is -0.316 e. The number of hydrogen-bond acceptors (Lipinski definition) is 4. The van der Waals surface area contributed by atoms with Crippen LogP contribution in [0.25, 0.3) is 11.3 Å². The topological polar surface area (TPSA) is 81.0 Å². The van der Waals surface area contributed by atoms with Gasteiger partial charge >= 0.3 is 6.61 Å². The predicted molar refractivity (Wildman–Crippen MR) is 74.1 cm³/mol. The van der Waals surface area contributed by atoms with E-state index in [1.807, 2.05) is 0 Å². The fourth-order valence-corrected chi connectivity index (χ4v) is 2.37. The SMILES string of the molecule is O=[N+]([O-])c1cc(-c2n[nH]c(COC(F)F)c2Br)c(F)cc1Cl. The van der Waals surface area contributed by atoms with Crippen LogP contribution in [0.4, 0.5) is 18.9 Å². The van der Waals surface area contributed by atoms with E-state index < -0.39 is 29.6 Å². The van der Waals surface area contributed by atoms with Crippen LogP contribution in [0, 0.1) is 15.9 Å². The van der Waals surface area contributed by atoms with Gasteiger partial charge in [0.2, 0.25) is 0 Å². The van der Waals surface area contributed by atoms with Crippen LogP contribution in [0.1, 0.15) is 5.69 Å². The minimum atomic E-state index is -2.98. The van der Waals surface area contributed by atoms with E-state index in [1.54, 1.807) is 0 Å². The fraction of sp³-hybridized carbons (Fsp3) is 0.182. The summed E-state index contributed by atoms with van der Waals surface area (Å²) >= 11 is 8.65. The number of alkyl halides is 2. The number of halogens is 5. The van der Waals surface area contributed by atoms with Crippen LogP contribution in [0.2, 0.25) is 5.02 Å². The lowest BCUT2D eigenvalue weighted by molar-refractivity contribution is -0.384. The van der Waals surface area contributed by atoms with E-state index in [0.29, 0.717) is 0 Å². The number of aromatic nitrogens is 2. The molecule has 1 aromatic heterocycles. The Morgan fingerprint density at radius 2 is 2.18 bits per heavy atom. The van der Waals surface area contributed by atoms with Crippen LogP contribution in [-0.4, -0.2) is 21.7 Å². The standard InChI is InChI=1S/C11H6BrClF3N3O3/c12-9-7(3-22-11(15)16)17-18-10(9)4-1-8(19(20)21)5(13)2-6(4)14/h1-2,11H,3H2,(H,17,18). The molecule has 0 fully saturated rings. The zero-order valence-electron chi connectivity index (χ0n) is 10.4. The van der Waals surface area contributed by atoms with Crippen molar-refractivity contribution >= 4 is 33.2 Å². The van der Waals surface area contributed by atoms with Crippen molar-refractivity contribution in [1.82, 2.24) is 10.2 Å². The highest BCUT2D eigenvalue weighted by atomic mass is 79.9. The second kappa shape index (κ2) is 6.63. The molecule has 0 saturated heterocycles. The van der Waals surface area contributed by atoms with E-state index in [4.69, 9.17) is 11.6 Å². The maximum Gasteiger partial charge on any atom is 0.345 e. The molecule has 0 bridgehead atoms. The van der Waals surface area contributed by atoms with Crippen molar-refractivity contribution < 1.29 is 22.8 Å². The molecule has 11 heteroatoms. The molecule has 0 saturated carbocycles. The summed E-state index contributed by atoms with van der Waals surface area (Å²) in [6, 6.07) is 1.70. The third-order valence-electron chi connectivity index (χ3n) is 2.62. The summed E-state index contributed by atoms with van der Waals surface area (Å²) in [5, 5.41) is 16.6. The van der Waals surface area contributed by atoms with Crippen LogP contribution in [0.3, 0.4) is 0 Å². The Hall–Kier alpha value is -1.65. The number of nitrogens with zero attached hydrogens (tertiary/aromatic N) is 2. The normalized spacial score (nSPS) is 11.2. The summed E-state index contributed by atoms with van der Waals surface area (Å²) < 4.78 is 42.2. The van der Waals surface area contributed by atoms with Crippen molar-refractivity contribution in [3.63, 3.8) is 0 Å². The summed E-state index contributed by atoms with van der Waals surface area (Å²) in [6.45, 7) is -3.48. The number of nitro benzene ring substituents is 1. The molecular formula is C11H6BrClF3N3O3. The van der Waals surface area contributed by atoms with Crippen LogP contribution in [0.15, 0.2) is 16.6 Å². The maximum absolute atomic E-state index is 13.9. The third-order valence-corrected chi connectivity index (χ3v) is 3.77. The Labute approximate surface area is 134 Å². The Bertz CT molecular complexity index is 726. The van der Waals surface area contributed by atoms with Crippen molar-refractivity contribution in [3.8, 4) is 11.3 Å². The predicted octanol–water partition coefficient (Wildman–Crippen LogP) is 4.28. The smallest absolute Gasteiger partial charge is 0.316 e. The van der Waals surface area contributed by atoms with Gasteiger partial charge in [-0.25, -0.2) is 4.39 Å². The quantitative estimate of drug-likeness (QED) is 0.600. The molecule has 1 N–H and O–H groups in total. The molecule has 0 spiro atoms. The molecule has 0 aliphatic rings. The average Bonchev–Trinajstić information content (AvgIpc) is 2.77. The van der Waals surface area contributed by atoms with Crippen molar-refractivity contribution in [1.29, 1.82) is 0 Å². The monoisotopic (exact) mass is 399 g/mol. The Morgan fingerprint density at radius 1 is 1.50 bits per heavy atom. The molecule has 0 aliphatic carbocycles. The van der Waals surface area contributed by atoms with Gasteiger partial charge in [-0.05, 0) is 15.9 Å². The molecule has 0 radical (unpaired) electrons. The summed E-state index contributed by atoms with van der Waals surface area (Å²) in [5.74, 6) is -0.843. The molecule has 0 aliphatic heterocycles. The van der Waals surface area contributed by atoms with Gasteiger partial charge < -0.3 is 4.74 Å². The molecule has 1 heterocycles. The number of rotatable bonds is 5. The summed E-state index contributed by atoms with van der Waals surface area (Å²) in [6.07, 6.45) is 0. The first-order chi connectivity index (χ1) is 10.3. The number of benzene rings is 1. The molecule has 2 aromatic rings. The molecule has 22 heavy (non-hydrogen) atoms. The number of H-pyrrole nitrogens is 1. The highest BCUT2D eigenvalue weighted by Crippen LogP contribution is 2.36. The molecule has 6 nitrogen and oxygen atoms in total. The Morgan fingerprint density at radius 3 is 2.77 bits per heavy atom. The van der Waals surface area contributed by atoms with Gasteiger partial charge in [-0.3, -0.25) is 15.2 Å². The second-order valence-electron chi connectivity index (χ2n) is 3.98. The van der Waals surface area contributed by atoms with Gasteiger partial charge in [0.05, 0.1) is 21.7 Å². The highest BCUT2D eigenvalue weighted by Gasteiger charge is 2.22. The van der Waals surface area contributed by atoms with Gasteiger partial charge in [0.15, 0.2) is 0 Å². The second-order valence-corrected chi connectivity index (χ2v) is 5.18. The van der Waals surface area contributed by atoms with Gasteiger partial charge in [0, 0.05) is 17.7 Å². The van der Waals surface area contributed by atoms with Crippen molar-refractivity contribution in [3.05, 3.63) is 43.3 Å². The van der Waals surface area contributed by atoms with E-state index >= 15 is 0 Å². The van der Waals surface area contributed by atoms with Crippen molar-refractivity contribution in [2.24, 2.45) is 0 Å². The molecule has 1 aromatic carbocycles. The van der Waals surface area contributed by atoms with E-state index in [9.17, 15) is 23.3 Å². The Kier molecular flexibility index (Phi) is 5.04. The van der Waals surface area contributed by atoms with Crippen LogP contribution in [-0.2, 0) is 11.3 Å². The molecule has 0 unspecified atom stereocenters. The lowest BCUT2D eigenvalue weighted by Gasteiger charge is -2.03. The lowest BCUT2D eigenvalue weighted by Crippen LogP contribution is -1.99. The number of nitro groups is 1. The molecule has 2 rings (SSSR count).